The Labute approximate surface area is 150 Å². The second kappa shape index (κ2) is 8.30. The molecule has 0 spiro atoms. The number of carbonyl (C=O) groups excluding carboxylic acids is 1. The van der Waals surface area contributed by atoms with Crippen molar-refractivity contribution in [3.05, 3.63) is 28.2 Å². The number of anilines is 1. The summed E-state index contributed by atoms with van der Waals surface area (Å²) < 4.78 is 9.27. The smallest absolute Gasteiger partial charge is 0.265 e. The molecular weight excluding hydrogens is 340 g/mol. The second-order valence-electron chi connectivity index (χ2n) is 5.86. The highest BCUT2D eigenvalue weighted by Gasteiger charge is 2.17. The van der Waals surface area contributed by atoms with Crippen molar-refractivity contribution in [2.45, 2.75) is 33.2 Å². The molecule has 0 radical (unpaired) electrons. The van der Waals surface area contributed by atoms with E-state index in [0.717, 1.165) is 54.7 Å². The van der Waals surface area contributed by atoms with Gasteiger partial charge in [-0.3, -0.25) is 4.79 Å². The van der Waals surface area contributed by atoms with E-state index in [1.165, 1.54) is 0 Å². The molecular formula is C16H22N6O2S. The fourth-order valence-corrected chi connectivity index (χ4v) is 3.29. The van der Waals surface area contributed by atoms with Crippen LogP contribution in [0.3, 0.4) is 0 Å². The van der Waals surface area contributed by atoms with Crippen molar-refractivity contribution >= 4 is 23.3 Å². The molecule has 0 bridgehead atoms. The number of ether oxygens (including phenoxy) is 1. The number of morpholine rings is 1. The Hall–Kier alpha value is -2.13. The van der Waals surface area contributed by atoms with Gasteiger partial charge >= 0.3 is 0 Å². The lowest BCUT2D eigenvalue weighted by Gasteiger charge is -2.28. The maximum atomic E-state index is 12.4. The van der Waals surface area contributed by atoms with Gasteiger partial charge in [0, 0.05) is 24.8 Å². The van der Waals surface area contributed by atoms with E-state index in [2.05, 4.69) is 36.7 Å². The van der Waals surface area contributed by atoms with Crippen LogP contribution in [0.25, 0.3) is 0 Å². The lowest BCUT2D eigenvalue weighted by molar-refractivity contribution is 0.0952. The Morgan fingerprint density at radius 2 is 2.16 bits per heavy atom. The van der Waals surface area contributed by atoms with Crippen molar-refractivity contribution in [3.8, 4) is 0 Å². The zero-order chi connectivity index (χ0) is 17.6. The molecule has 1 aliphatic rings. The lowest BCUT2D eigenvalue weighted by Crippen LogP contribution is -2.37. The average Bonchev–Trinajstić information content (AvgIpc) is 3.09. The zero-order valence-corrected chi connectivity index (χ0v) is 15.3. The van der Waals surface area contributed by atoms with Gasteiger partial charge in [-0.1, -0.05) is 17.8 Å². The molecule has 3 heterocycles. The first-order valence-corrected chi connectivity index (χ1v) is 9.21. The Balaban J connectivity index is 1.67. The van der Waals surface area contributed by atoms with E-state index in [1.807, 2.05) is 13.0 Å². The summed E-state index contributed by atoms with van der Waals surface area (Å²) in [6.07, 6.45) is 1.68. The molecule has 3 rings (SSSR count). The maximum Gasteiger partial charge on any atom is 0.265 e. The predicted molar refractivity (Wildman–Crippen MR) is 94.9 cm³/mol. The molecule has 1 amide bonds. The minimum Gasteiger partial charge on any atom is -0.378 e. The second-order valence-corrected chi connectivity index (χ2v) is 6.62. The summed E-state index contributed by atoms with van der Waals surface area (Å²) in [5.74, 6) is 1.31. The van der Waals surface area contributed by atoms with Crippen molar-refractivity contribution in [3.63, 3.8) is 0 Å². The van der Waals surface area contributed by atoms with Gasteiger partial charge in [-0.2, -0.15) is 0 Å². The third-order valence-electron chi connectivity index (χ3n) is 3.88. The van der Waals surface area contributed by atoms with Crippen molar-refractivity contribution in [1.29, 1.82) is 0 Å². The molecule has 8 nitrogen and oxygen atoms in total. The normalized spacial score (nSPS) is 14.6. The van der Waals surface area contributed by atoms with Crippen LogP contribution >= 0.6 is 11.5 Å². The molecule has 134 valence electrons. The van der Waals surface area contributed by atoms with Gasteiger partial charge < -0.3 is 15.0 Å². The first-order valence-electron chi connectivity index (χ1n) is 8.44. The number of amides is 1. The minimum absolute atomic E-state index is 0.170. The van der Waals surface area contributed by atoms with Crippen molar-refractivity contribution in [2.24, 2.45) is 0 Å². The summed E-state index contributed by atoms with van der Waals surface area (Å²) in [6.45, 7) is 7.30. The maximum absolute atomic E-state index is 12.4. The van der Waals surface area contributed by atoms with Crippen molar-refractivity contribution < 1.29 is 9.53 Å². The topological polar surface area (TPSA) is 93.1 Å². The van der Waals surface area contributed by atoms with Gasteiger partial charge in [-0.05, 0) is 24.9 Å². The molecule has 0 unspecified atom stereocenters. The number of aryl methyl sites for hydroxylation is 2. The third kappa shape index (κ3) is 4.49. The lowest BCUT2D eigenvalue weighted by atomic mass is 10.2. The van der Waals surface area contributed by atoms with Crippen LogP contribution in [0.15, 0.2) is 6.07 Å². The largest absolute Gasteiger partial charge is 0.378 e. The van der Waals surface area contributed by atoms with E-state index < -0.39 is 0 Å². The summed E-state index contributed by atoms with van der Waals surface area (Å²) in [4.78, 5) is 24.1. The molecule has 1 saturated heterocycles. The highest BCUT2D eigenvalue weighted by atomic mass is 32.1. The van der Waals surface area contributed by atoms with E-state index in [9.17, 15) is 4.79 Å². The van der Waals surface area contributed by atoms with E-state index >= 15 is 0 Å². The number of hydrogen-bond donors (Lipinski definition) is 1. The van der Waals surface area contributed by atoms with Crippen molar-refractivity contribution in [2.75, 3.05) is 31.2 Å². The van der Waals surface area contributed by atoms with Gasteiger partial charge in [0.2, 0.25) is 0 Å². The van der Waals surface area contributed by atoms with E-state index in [0.29, 0.717) is 23.9 Å². The van der Waals surface area contributed by atoms with Crippen LogP contribution in [-0.2, 0) is 17.7 Å². The Kier molecular flexibility index (Phi) is 5.87. The van der Waals surface area contributed by atoms with Gasteiger partial charge in [0.05, 0.1) is 25.5 Å². The number of hydrogen-bond acceptors (Lipinski definition) is 8. The zero-order valence-electron chi connectivity index (χ0n) is 14.5. The molecule has 2 aromatic rings. The third-order valence-corrected chi connectivity index (χ3v) is 4.64. The van der Waals surface area contributed by atoms with E-state index in [1.54, 1.807) is 0 Å². The molecule has 1 aliphatic heterocycles. The standard InChI is InChI=1S/C16H22N6O2S/c1-3-4-12-15(25-21-20-12)16(23)17-10-13-18-11(2)9-14(19-13)22-5-7-24-8-6-22/h9H,3-8,10H2,1-2H3,(H,17,23). The first-order chi connectivity index (χ1) is 12.2. The molecule has 0 atom stereocenters. The van der Waals surface area contributed by atoms with Crippen LogP contribution in [0.4, 0.5) is 5.82 Å². The average molecular weight is 362 g/mol. The summed E-state index contributed by atoms with van der Waals surface area (Å²) >= 11 is 1.13. The molecule has 0 aliphatic carbocycles. The number of nitrogens with one attached hydrogen (secondary N) is 1. The molecule has 1 fully saturated rings. The van der Waals surface area contributed by atoms with E-state index in [-0.39, 0.29) is 12.5 Å². The highest BCUT2D eigenvalue weighted by molar-refractivity contribution is 7.08. The van der Waals surface area contributed by atoms with Gasteiger partial charge in [0.25, 0.3) is 5.91 Å². The summed E-state index contributed by atoms with van der Waals surface area (Å²) in [6, 6.07) is 1.96. The molecule has 25 heavy (non-hydrogen) atoms. The van der Waals surface area contributed by atoms with Gasteiger partial charge in [-0.25, -0.2) is 9.97 Å². The van der Waals surface area contributed by atoms with Crippen LogP contribution in [-0.4, -0.2) is 51.8 Å². The Morgan fingerprint density at radius 1 is 1.36 bits per heavy atom. The highest BCUT2D eigenvalue weighted by Crippen LogP contribution is 2.15. The van der Waals surface area contributed by atoms with Gasteiger partial charge in [0.15, 0.2) is 0 Å². The molecule has 2 aromatic heterocycles. The first kappa shape index (κ1) is 17.7. The molecule has 1 N–H and O–H groups in total. The van der Waals surface area contributed by atoms with Crippen LogP contribution in [0.5, 0.6) is 0 Å². The molecule has 0 aromatic carbocycles. The summed E-state index contributed by atoms with van der Waals surface area (Å²) in [5, 5.41) is 6.91. The number of rotatable bonds is 6. The van der Waals surface area contributed by atoms with Crippen LogP contribution in [0, 0.1) is 6.92 Å². The number of carbonyl (C=O) groups is 1. The predicted octanol–water partition coefficient (Wildman–Crippen LogP) is 1.36. The van der Waals surface area contributed by atoms with Crippen LogP contribution in [0.2, 0.25) is 0 Å². The summed E-state index contributed by atoms with van der Waals surface area (Å²) in [5.41, 5.74) is 1.64. The van der Waals surface area contributed by atoms with Gasteiger partial charge in [0.1, 0.15) is 16.5 Å². The van der Waals surface area contributed by atoms with E-state index in [4.69, 9.17) is 4.74 Å². The Morgan fingerprint density at radius 3 is 2.92 bits per heavy atom. The van der Waals surface area contributed by atoms with Crippen LogP contribution < -0.4 is 10.2 Å². The Bertz CT molecular complexity index is 729. The quantitative estimate of drug-likeness (QED) is 0.829. The number of nitrogens with zero attached hydrogens (tertiary/aromatic N) is 5. The van der Waals surface area contributed by atoms with Gasteiger partial charge in [-0.15, -0.1) is 5.10 Å². The van der Waals surface area contributed by atoms with Crippen molar-refractivity contribution in [1.82, 2.24) is 24.9 Å². The fraction of sp³-hybridized carbons (Fsp3) is 0.562. The summed E-state index contributed by atoms with van der Waals surface area (Å²) in [7, 11) is 0. The SMILES string of the molecule is CCCc1nnsc1C(=O)NCc1nc(C)cc(N2CCOCC2)n1. The monoisotopic (exact) mass is 362 g/mol. The fourth-order valence-electron chi connectivity index (χ4n) is 2.67. The van der Waals surface area contributed by atoms with Crippen LogP contribution in [0.1, 0.15) is 40.2 Å². The minimum atomic E-state index is -0.170. The molecule has 0 saturated carbocycles. The number of aromatic nitrogens is 4. The molecule has 9 heteroatoms.